The van der Waals surface area contributed by atoms with Crippen LogP contribution in [0.1, 0.15) is 26.0 Å². The SMILES string of the molecule is CCOP(=O)(O)COCC1CCC(n2ccc(N)nc2=O)O1. The van der Waals surface area contributed by atoms with Crippen molar-refractivity contribution in [3.8, 4) is 0 Å². The maximum absolute atomic E-state index is 11.7. The van der Waals surface area contributed by atoms with Gasteiger partial charge in [-0.1, -0.05) is 0 Å². The van der Waals surface area contributed by atoms with Gasteiger partial charge in [-0.2, -0.15) is 4.98 Å². The van der Waals surface area contributed by atoms with Gasteiger partial charge in [0.2, 0.25) is 0 Å². The van der Waals surface area contributed by atoms with Gasteiger partial charge < -0.3 is 24.6 Å². The van der Waals surface area contributed by atoms with E-state index in [2.05, 4.69) is 4.98 Å². The van der Waals surface area contributed by atoms with Crippen molar-refractivity contribution < 1.29 is 23.5 Å². The molecule has 10 heteroatoms. The van der Waals surface area contributed by atoms with E-state index >= 15 is 0 Å². The number of hydrogen-bond acceptors (Lipinski definition) is 7. The maximum Gasteiger partial charge on any atom is 0.353 e. The first-order valence-corrected chi connectivity index (χ1v) is 8.72. The lowest BCUT2D eigenvalue weighted by atomic mass is 10.2. The van der Waals surface area contributed by atoms with E-state index in [4.69, 9.17) is 19.7 Å². The van der Waals surface area contributed by atoms with Crippen LogP contribution in [0.3, 0.4) is 0 Å². The molecular formula is C12H20N3O6P. The summed E-state index contributed by atoms with van der Waals surface area (Å²) >= 11 is 0. The van der Waals surface area contributed by atoms with Gasteiger partial charge in [-0.05, 0) is 25.8 Å². The number of aromatic nitrogens is 2. The first kappa shape index (κ1) is 17.1. The van der Waals surface area contributed by atoms with Crippen LogP contribution in [0.2, 0.25) is 0 Å². The fourth-order valence-electron chi connectivity index (χ4n) is 2.20. The summed E-state index contributed by atoms with van der Waals surface area (Å²) in [5.41, 5.74) is 4.97. The predicted molar refractivity (Wildman–Crippen MR) is 78.3 cm³/mol. The van der Waals surface area contributed by atoms with Gasteiger partial charge in [-0.25, -0.2) is 4.79 Å². The van der Waals surface area contributed by atoms with Crippen LogP contribution in [-0.4, -0.2) is 40.1 Å². The van der Waals surface area contributed by atoms with E-state index in [1.54, 1.807) is 6.92 Å². The molecule has 1 aromatic heterocycles. The Kier molecular flexibility index (Phi) is 5.71. The summed E-state index contributed by atoms with van der Waals surface area (Å²) in [5, 5.41) is 0. The molecule has 22 heavy (non-hydrogen) atoms. The molecule has 0 aromatic carbocycles. The second-order valence-electron chi connectivity index (χ2n) is 4.89. The normalized spacial score (nSPS) is 24.3. The van der Waals surface area contributed by atoms with E-state index in [0.29, 0.717) is 12.8 Å². The summed E-state index contributed by atoms with van der Waals surface area (Å²) in [5.74, 6) is 0.161. The Labute approximate surface area is 127 Å². The molecule has 1 aliphatic rings. The fraction of sp³-hybridized carbons (Fsp3) is 0.667. The molecule has 0 radical (unpaired) electrons. The zero-order valence-corrected chi connectivity index (χ0v) is 13.1. The summed E-state index contributed by atoms with van der Waals surface area (Å²) in [4.78, 5) is 24.8. The average Bonchev–Trinajstić information content (AvgIpc) is 2.87. The number of ether oxygens (including phenoxy) is 2. The van der Waals surface area contributed by atoms with Crippen LogP contribution in [0.4, 0.5) is 5.82 Å². The van der Waals surface area contributed by atoms with Crippen molar-refractivity contribution in [1.29, 1.82) is 0 Å². The lowest BCUT2D eigenvalue weighted by Gasteiger charge is -2.16. The van der Waals surface area contributed by atoms with Crippen molar-refractivity contribution >= 4 is 13.4 Å². The average molecular weight is 333 g/mol. The minimum atomic E-state index is -3.69. The standard InChI is InChI=1S/C12H20N3O6P/c1-2-20-22(17,18)8-19-7-9-3-4-11(21-9)15-6-5-10(13)14-12(15)16/h5-6,9,11H,2-4,7-8H2,1H3,(H,17,18)(H2,13,14,16). The van der Waals surface area contributed by atoms with Crippen molar-refractivity contribution in [1.82, 2.24) is 9.55 Å². The molecule has 0 spiro atoms. The Balaban J connectivity index is 1.83. The highest BCUT2D eigenvalue weighted by molar-refractivity contribution is 7.52. The lowest BCUT2D eigenvalue weighted by molar-refractivity contribution is -0.0380. The predicted octanol–water partition coefficient (Wildman–Crippen LogP) is 0.699. The van der Waals surface area contributed by atoms with Gasteiger partial charge in [0, 0.05) is 6.20 Å². The summed E-state index contributed by atoms with van der Waals surface area (Å²) in [6, 6.07) is 1.53. The Morgan fingerprint density at radius 1 is 1.59 bits per heavy atom. The molecule has 1 fully saturated rings. The molecule has 0 amide bonds. The van der Waals surface area contributed by atoms with Crippen molar-refractivity contribution in [3.05, 3.63) is 22.7 Å². The molecule has 2 heterocycles. The van der Waals surface area contributed by atoms with E-state index in [9.17, 15) is 14.3 Å². The van der Waals surface area contributed by atoms with E-state index in [0.717, 1.165) is 0 Å². The number of nitrogen functional groups attached to an aromatic ring is 1. The maximum atomic E-state index is 11.7. The van der Waals surface area contributed by atoms with Gasteiger partial charge in [-0.3, -0.25) is 9.13 Å². The fourth-order valence-corrected chi connectivity index (χ4v) is 3.01. The van der Waals surface area contributed by atoms with E-state index in [1.807, 2.05) is 0 Å². The quantitative estimate of drug-likeness (QED) is 0.698. The Bertz CT molecular complexity index is 607. The zero-order chi connectivity index (χ0) is 16.2. The van der Waals surface area contributed by atoms with Crippen molar-refractivity contribution in [2.75, 3.05) is 25.3 Å². The summed E-state index contributed by atoms with van der Waals surface area (Å²) in [6.07, 6.45) is 1.77. The van der Waals surface area contributed by atoms with Gasteiger partial charge in [0.25, 0.3) is 0 Å². The van der Waals surface area contributed by atoms with Crippen LogP contribution in [0.25, 0.3) is 0 Å². The molecule has 3 N–H and O–H groups in total. The lowest BCUT2D eigenvalue weighted by Crippen LogP contribution is -2.28. The highest BCUT2D eigenvalue weighted by atomic mass is 31.2. The van der Waals surface area contributed by atoms with Crippen LogP contribution in [-0.2, 0) is 18.6 Å². The molecule has 3 atom stereocenters. The number of anilines is 1. The van der Waals surface area contributed by atoms with E-state index in [-0.39, 0.29) is 31.5 Å². The van der Waals surface area contributed by atoms with Gasteiger partial charge >= 0.3 is 13.3 Å². The third kappa shape index (κ3) is 4.62. The summed E-state index contributed by atoms with van der Waals surface area (Å²) < 4.78 is 28.4. The van der Waals surface area contributed by atoms with Crippen LogP contribution in [0, 0.1) is 0 Å². The van der Waals surface area contributed by atoms with Gasteiger partial charge in [0.15, 0.2) is 0 Å². The molecule has 1 saturated heterocycles. The third-order valence-corrected chi connectivity index (χ3v) is 4.31. The molecule has 0 saturated carbocycles. The van der Waals surface area contributed by atoms with Gasteiger partial charge in [-0.15, -0.1) is 0 Å². The summed E-state index contributed by atoms with van der Waals surface area (Å²) in [7, 11) is -3.69. The number of nitrogens with two attached hydrogens (primary N) is 1. The summed E-state index contributed by atoms with van der Waals surface area (Å²) in [6.45, 7) is 1.93. The van der Waals surface area contributed by atoms with Crippen molar-refractivity contribution in [3.63, 3.8) is 0 Å². The number of hydrogen-bond donors (Lipinski definition) is 2. The molecular weight excluding hydrogens is 313 g/mol. The second-order valence-corrected chi connectivity index (χ2v) is 6.68. The molecule has 3 unspecified atom stereocenters. The molecule has 0 bridgehead atoms. The highest BCUT2D eigenvalue weighted by Crippen LogP contribution is 2.41. The first-order chi connectivity index (χ1) is 10.4. The van der Waals surface area contributed by atoms with Crippen LogP contribution in [0.5, 0.6) is 0 Å². The van der Waals surface area contributed by atoms with E-state index in [1.165, 1.54) is 16.8 Å². The third-order valence-electron chi connectivity index (χ3n) is 3.14. The molecule has 1 aromatic rings. The van der Waals surface area contributed by atoms with E-state index < -0.39 is 19.5 Å². The topological polar surface area (TPSA) is 126 Å². The number of rotatable bonds is 7. The van der Waals surface area contributed by atoms with Gasteiger partial charge in [0.1, 0.15) is 18.4 Å². The highest BCUT2D eigenvalue weighted by Gasteiger charge is 2.28. The molecule has 124 valence electrons. The number of nitrogens with zero attached hydrogens (tertiary/aromatic N) is 2. The zero-order valence-electron chi connectivity index (χ0n) is 12.3. The Hall–Kier alpha value is -1.25. The van der Waals surface area contributed by atoms with Crippen LogP contribution < -0.4 is 11.4 Å². The minimum Gasteiger partial charge on any atom is -0.383 e. The van der Waals surface area contributed by atoms with Crippen LogP contribution in [0.15, 0.2) is 17.1 Å². The van der Waals surface area contributed by atoms with Crippen molar-refractivity contribution in [2.45, 2.75) is 32.1 Å². The first-order valence-electron chi connectivity index (χ1n) is 6.95. The molecule has 1 aliphatic heterocycles. The minimum absolute atomic E-state index is 0.145. The monoisotopic (exact) mass is 333 g/mol. The Morgan fingerprint density at radius 2 is 2.36 bits per heavy atom. The Morgan fingerprint density at radius 3 is 3.05 bits per heavy atom. The molecule has 0 aliphatic carbocycles. The van der Waals surface area contributed by atoms with Gasteiger partial charge in [0.05, 0.1) is 19.3 Å². The van der Waals surface area contributed by atoms with Crippen LogP contribution >= 0.6 is 7.60 Å². The second kappa shape index (κ2) is 7.34. The largest absolute Gasteiger partial charge is 0.383 e. The smallest absolute Gasteiger partial charge is 0.353 e. The molecule has 2 rings (SSSR count). The molecule has 9 nitrogen and oxygen atoms in total. The van der Waals surface area contributed by atoms with Crippen molar-refractivity contribution in [2.24, 2.45) is 0 Å².